The van der Waals surface area contributed by atoms with Gasteiger partial charge in [0.25, 0.3) is 5.56 Å². The highest BCUT2D eigenvalue weighted by Gasteiger charge is 2.66. The Bertz CT molecular complexity index is 503. The minimum atomic E-state index is -0.950. The highest BCUT2D eigenvalue weighted by Crippen LogP contribution is 2.63. The maximum Gasteiger partial charge on any atom is 0.295 e. The van der Waals surface area contributed by atoms with Crippen LogP contribution in [-0.2, 0) is 5.41 Å². The molecule has 88 valence electrons. The van der Waals surface area contributed by atoms with Crippen molar-refractivity contribution in [1.29, 1.82) is 0 Å². The third-order valence-corrected chi connectivity index (χ3v) is 4.57. The van der Waals surface area contributed by atoms with E-state index in [9.17, 15) is 4.79 Å². The number of halogens is 2. The molecule has 1 aliphatic carbocycles. The van der Waals surface area contributed by atoms with Crippen LogP contribution < -0.4 is 11.4 Å². The Morgan fingerprint density at radius 1 is 1.50 bits per heavy atom. The van der Waals surface area contributed by atoms with Crippen molar-refractivity contribution >= 4 is 35.0 Å². The third kappa shape index (κ3) is 1.51. The van der Waals surface area contributed by atoms with Gasteiger partial charge in [-0.15, -0.1) is 33.4 Å². The monoisotopic (exact) mass is 280 g/mol. The topological polar surface area (TPSA) is 73.8 Å². The molecule has 1 fully saturated rings. The second kappa shape index (κ2) is 3.51. The van der Waals surface area contributed by atoms with E-state index in [4.69, 9.17) is 29.0 Å². The molecule has 0 amide bonds. The molecule has 1 saturated carbocycles. The highest BCUT2D eigenvalue weighted by atomic mass is 35.5. The van der Waals surface area contributed by atoms with E-state index in [1.807, 2.05) is 0 Å². The summed E-state index contributed by atoms with van der Waals surface area (Å²) in [4.78, 5) is 11.9. The predicted octanol–water partition coefficient (Wildman–Crippen LogP) is 0.909. The number of nitrogens with zero attached hydrogens (tertiary/aromatic N) is 3. The molecule has 16 heavy (non-hydrogen) atoms. The van der Waals surface area contributed by atoms with Crippen LogP contribution in [0.5, 0.6) is 0 Å². The second-order valence-electron chi connectivity index (χ2n) is 3.92. The van der Waals surface area contributed by atoms with Gasteiger partial charge in [-0.1, -0.05) is 18.7 Å². The largest absolute Gasteiger partial charge is 0.334 e. The molecule has 8 heteroatoms. The van der Waals surface area contributed by atoms with Gasteiger partial charge < -0.3 is 5.84 Å². The van der Waals surface area contributed by atoms with Gasteiger partial charge in [0.15, 0.2) is 0 Å². The molecule has 0 aliphatic heterocycles. The molecule has 5 nitrogen and oxygen atoms in total. The Morgan fingerprint density at radius 3 is 2.50 bits per heavy atom. The summed E-state index contributed by atoms with van der Waals surface area (Å²) < 4.78 is 0.0230. The highest BCUT2D eigenvalue weighted by molar-refractivity contribution is 7.98. The number of rotatable bonds is 2. The van der Waals surface area contributed by atoms with Crippen molar-refractivity contribution in [2.24, 2.45) is 0 Å². The van der Waals surface area contributed by atoms with Crippen molar-refractivity contribution in [1.82, 2.24) is 14.9 Å². The Balaban J connectivity index is 2.54. The Hall–Kier alpha value is -0.460. The van der Waals surface area contributed by atoms with E-state index >= 15 is 0 Å². The van der Waals surface area contributed by atoms with Crippen molar-refractivity contribution in [3.8, 4) is 0 Å². The van der Waals surface area contributed by atoms with Gasteiger partial charge in [0.1, 0.15) is 10.0 Å². The lowest BCUT2D eigenvalue weighted by Crippen LogP contribution is -2.37. The van der Waals surface area contributed by atoms with Crippen LogP contribution in [0.3, 0.4) is 0 Å². The average molecular weight is 281 g/mol. The van der Waals surface area contributed by atoms with E-state index in [1.54, 1.807) is 13.2 Å². The lowest BCUT2D eigenvalue weighted by molar-refractivity contribution is 0.611. The smallest absolute Gasteiger partial charge is 0.295 e. The zero-order valence-electron chi connectivity index (χ0n) is 8.70. The van der Waals surface area contributed by atoms with Gasteiger partial charge in [0.05, 0.1) is 5.41 Å². The molecular weight excluding hydrogens is 271 g/mol. The fraction of sp³-hybridized carbons (Fsp3) is 0.625. The minimum Gasteiger partial charge on any atom is -0.334 e. The standard InChI is InChI=1S/C8H10Cl2N4OS/c1-7(3-8(7,9)10)4-5(15)14(11)6(16-2)13-12-4/h3,11H2,1-2H3. The van der Waals surface area contributed by atoms with Gasteiger partial charge in [-0.05, 0) is 12.7 Å². The van der Waals surface area contributed by atoms with E-state index in [1.165, 1.54) is 11.8 Å². The fourth-order valence-electron chi connectivity index (χ4n) is 1.53. The maximum absolute atomic E-state index is 11.9. The van der Waals surface area contributed by atoms with Crippen LogP contribution >= 0.6 is 35.0 Å². The van der Waals surface area contributed by atoms with E-state index in [0.29, 0.717) is 11.6 Å². The molecule has 1 aromatic rings. The van der Waals surface area contributed by atoms with E-state index in [2.05, 4.69) is 10.2 Å². The number of hydrogen-bond donors (Lipinski definition) is 1. The SMILES string of the molecule is CSc1nnc(C2(C)CC2(Cl)Cl)c(=O)n1N. The third-order valence-electron chi connectivity index (χ3n) is 2.83. The van der Waals surface area contributed by atoms with Crippen LogP contribution in [0.25, 0.3) is 0 Å². The summed E-state index contributed by atoms with van der Waals surface area (Å²) in [6, 6.07) is 0. The summed E-state index contributed by atoms with van der Waals surface area (Å²) in [7, 11) is 0. The molecule has 0 saturated heterocycles. The minimum absolute atomic E-state index is 0.220. The molecule has 1 heterocycles. The molecule has 0 aromatic carbocycles. The lowest BCUT2D eigenvalue weighted by atomic mass is 10.1. The van der Waals surface area contributed by atoms with Gasteiger partial charge in [-0.3, -0.25) is 4.79 Å². The Kier molecular flexibility index (Phi) is 2.64. The second-order valence-corrected chi connectivity index (χ2v) is 6.18. The number of thioether (sulfide) groups is 1. The molecule has 0 radical (unpaired) electrons. The number of alkyl halides is 2. The molecule has 2 rings (SSSR count). The number of hydrogen-bond acceptors (Lipinski definition) is 5. The molecule has 2 N–H and O–H groups in total. The summed E-state index contributed by atoms with van der Waals surface area (Å²) in [5, 5.41) is 8.10. The van der Waals surface area contributed by atoms with Crippen molar-refractivity contribution in [2.45, 2.75) is 28.2 Å². The summed E-state index contributed by atoms with van der Waals surface area (Å²) in [6.07, 6.45) is 2.24. The van der Waals surface area contributed by atoms with Crippen molar-refractivity contribution in [2.75, 3.05) is 12.1 Å². The van der Waals surface area contributed by atoms with Gasteiger partial charge in [0, 0.05) is 0 Å². The fourth-order valence-corrected chi connectivity index (χ4v) is 2.64. The van der Waals surface area contributed by atoms with E-state index in [0.717, 1.165) is 4.68 Å². The molecule has 0 bridgehead atoms. The zero-order valence-corrected chi connectivity index (χ0v) is 11.0. The van der Waals surface area contributed by atoms with Crippen LogP contribution in [-0.4, -0.2) is 25.5 Å². The van der Waals surface area contributed by atoms with E-state index < -0.39 is 15.3 Å². The van der Waals surface area contributed by atoms with Gasteiger partial charge >= 0.3 is 0 Å². The zero-order chi connectivity index (χ0) is 12.1. The molecule has 1 aliphatic rings. The van der Waals surface area contributed by atoms with Crippen molar-refractivity contribution < 1.29 is 0 Å². The van der Waals surface area contributed by atoms with Gasteiger partial charge in [-0.2, -0.15) is 4.68 Å². The van der Waals surface area contributed by atoms with Crippen LogP contribution in [0.2, 0.25) is 0 Å². The van der Waals surface area contributed by atoms with Crippen LogP contribution in [0, 0.1) is 0 Å². The van der Waals surface area contributed by atoms with E-state index in [-0.39, 0.29) is 5.69 Å². The van der Waals surface area contributed by atoms with Crippen LogP contribution in [0.4, 0.5) is 0 Å². The Morgan fingerprint density at radius 2 is 2.06 bits per heavy atom. The van der Waals surface area contributed by atoms with Gasteiger partial charge in [-0.25, -0.2) is 0 Å². The molecule has 1 aromatic heterocycles. The maximum atomic E-state index is 11.9. The number of aromatic nitrogens is 3. The quantitative estimate of drug-likeness (QED) is 0.495. The van der Waals surface area contributed by atoms with Crippen molar-refractivity contribution in [3.63, 3.8) is 0 Å². The molecule has 0 spiro atoms. The normalized spacial score (nSPS) is 26.8. The van der Waals surface area contributed by atoms with Crippen LogP contribution in [0.1, 0.15) is 19.0 Å². The van der Waals surface area contributed by atoms with Crippen LogP contribution in [0.15, 0.2) is 9.95 Å². The summed E-state index contributed by atoms with van der Waals surface area (Å²) in [5.74, 6) is 5.60. The summed E-state index contributed by atoms with van der Waals surface area (Å²) >= 11 is 13.2. The van der Waals surface area contributed by atoms with Crippen molar-refractivity contribution in [3.05, 3.63) is 16.0 Å². The predicted molar refractivity (Wildman–Crippen MR) is 64.6 cm³/mol. The Labute approximate surface area is 106 Å². The summed E-state index contributed by atoms with van der Waals surface area (Å²) in [5.41, 5.74) is -0.832. The summed E-state index contributed by atoms with van der Waals surface area (Å²) in [6.45, 7) is 1.77. The van der Waals surface area contributed by atoms with Gasteiger partial charge in [0.2, 0.25) is 5.16 Å². The first-order valence-electron chi connectivity index (χ1n) is 4.50. The first kappa shape index (κ1) is 12.0. The first-order chi connectivity index (χ1) is 7.33. The lowest BCUT2D eigenvalue weighted by Gasteiger charge is -2.11. The first-order valence-corrected chi connectivity index (χ1v) is 6.48. The number of nitrogen functional groups attached to an aromatic ring is 1. The molecule has 1 atom stereocenters. The number of nitrogens with two attached hydrogens (primary N) is 1. The molecule has 1 unspecified atom stereocenters. The average Bonchev–Trinajstić information content (AvgIpc) is 2.71. The molecular formula is C8H10Cl2N4OS.